The number of nitrogens with zero attached hydrogens (tertiary/aromatic N) is 1. The van der Waals surface area contributed by atoms with Gasteiger partial charge in [-0.25, -0.2) is 5.43 Å². The fourth-order valence-corrected chi connectivity index (χ4v) is 1.85. The molecule has 0 bridgehead atoms. The third kappa shape index (κ3) is 3.68. The minimum absolute atomic E-state index is 0.263. The van der Waals surface area contributed by atoms with Crippen molar-refractivity contribution in [3.8, 4) is 0 Å². The summed E-state index contributed by atoms with van der Waals surface area (Å²) < 4.78 is 1.000. The molecule has 5 heteroatoms. The molecule has 0 aromatic heterocycles. The number of hydrazone groups is 1. The molecule has 2 aromatic rings. The molecule has 2 rings (SSSR count). The van der Waals surface area contributed by atoms with Crippen LogP contribution < -0.4 is 11.2 Å². The van der Waals surface area contributed by atoms with Crippen molar-refractivity contribution in [3.05, 3.63) is 64.1 Å². The molecule has 0 saturated heterocycles. The molecular formula is C15H14BrN3O. The number of benzene rings is 2. The number of halogens is 1. The van der Waals surface area contributed by atoms with Crippen LogP contribution in [0.4, 0.5) is 5.69 Å². The van der Waals surface area contributed by atoms with Gasteiger partial charge < -0.3 is 5.73 Å². The average molecular weight is 332 g/mol. The standard InChI is InChI=1S/C15H14BrN3O/c1-10(11-2-6-13(16)7-3-11)18-19-15(20)12-4-8-14(17)9-5-12/h2-9H,17H2,1H3,(H,19,20). The van der Waals surface area contributed by atoms with Crippen LogP contribution >= 0.6 is 15.9 Å². The highest BCUT2D eigenvalue weighted by Crippen LogP contribution is 2.11. The Morgan fingerprint density at radius 3 is 2.20 bits per heavy atom. The summed E-state index contributed by atoms with van der Waals surface area (Å²) in [7, 11) is 0. The van der Waals surface area contributed by atoms with Crippen molar-refractivity contribution in [2.45, 2.75) is 6.92 Å². The lowest BCUT2D eigenvalue weighted by molar-refractivity contribution is 0.0955. The Kier molecular flexibility index (Phi) is 4.53. The van der Waals surface area contributed by atoms with Crippen LogP contribution in [0.2, 0.25) is 0 Å². The van der Waals surface area contributed by atoms with Crippen LogP contribution in [-0.4, -0.2) is 11.6 Å². The van der Waals surface area contributed by atoms with Gasteiger partial charge in [0.15, 0.2) is 0 Å². The Labute approximate surface area is 125 Å². The van der Waals surface area contributed by atoms with Crippen LogP contribution in [0.3, 0.4) is 0 Å². The number of rotatable bonds is 3. The SMILES string of the molecule is CC(=NNC(=O)c1ccc(N)cc1)c1ccc(Br)cc1. The number of nitrogens with one attached hydrogen (secondary N) is 1. The first-order chi connectivity index (χ1) is 9.56. The molecule has 0 spiro atoms. The number of carbonyl (C=O) groups excluding carboxylic acids is 1. The van der Waals surface area contributed by atoms with Crippen molar-refractivity contribution in [1.29, 1.82) is 0 Å². The molecular weight excluding hydrogens is 318 g/mol. The van der Waals surface area contributed by atoms with Crippen molar-refractivity contribution in [2.75, 3.05) is 5.73 Å². The van der Waals surface area contributed by atoms with Gasteiger partial charge in [-0.3, -0.25) is 4.79 Å². The molecule has 3 N–H and O–H groups in total. The third-order valence-electron chi connectivity index (χ3n) is 2.76. The van der Waals surface area contributed by atoms with Crippen LogP contribution in [0, 0.1) is 0 Å². The maximum absolute atomic E-state index is 11.9. The lowest BCUT2D eigenvalue weighted by Gasteiger charge is -2.03. The molecule has 0 heterocycles. The van der Waals surface area contributed by atoms with E-state index in [2.05, 4.69) is 26.5 Å². The minimum Gasteiger partial charge on any atom is -0.399 e. The number of hydrogen-bond donors (Lipinski definition) is 2. The molecule has 0 fully saturated rings. The van der Waals surface area contributed by atoms with Crippen LogP contribution in [0.25, 0.3) is 0 Å². The number of amides is 1. The zero-order chi connectivity index (χ0) is 14.5. The quantitative estimate of drug-likeness (QED) is 0.515. The Bertz CT molecular complexity index is 633. The van der Waals surface area contributed by atoms with Gasteiger partial charge >= 0.3 is 0 Å². The second kappa shape index (κ2) is 6.34. The van der Waals surface area contributed by atoms with Crippen LogP contribution in [-0.2, 0) is 0 Å². The number of nitrogens with two attached hydrogens (primary N) is 1. The van der Waals surface area contributed by atoms with E-state index in [1.807, 2.05) is 31.2 Å². The summed E-state index contributed by atoms with van der Waals surface area (Å²) in [6.07, 6.45) is 0. The molecule has 0 saturated carbocycles. The molecule has 1 amide bonds. The second-order valence-electron chi connectivity index (χ2n) is 4.27. The molecule has 4 nitrogen and oxygen atoms in total. The van der Waals surface area contributed by atoms with Crippen molar-refractivity contribution in [2.24, 2.45) is 5.10 Å². The normalized spacial score (nSPS) is 11.2. The summed E-state index contributed by atoms with van der Waals surface area (Å²) in [5.41, 5.74) is 10.9. The highest BCUT2D eigenvalue weighted by atomic mass is 79.9. The highest BCUT2D eigenvalue weighted by molar-refractivity contribution is 9.10. The van der Waals surface area contributed by atoms with Crippen LogP contribution in [0.5, 0.6) is 0 Å². The lowest BCUT2D eigenvalue weighted by atomic mass is 10.1. The highest BCUT2D eigenvalue weighted by Gasteiger charge is 2.04. The summed E-state index contributed by atoms with van der Waals surface area (Å²) >= 11 is 3.37. The van der Waals surface area contributed by atoms with Gasteiger partial charge in [-0.05, 0) is 48.9 Å². The van der Waals surface area contributed by atoms with E-state index >= 15 is 0 Å². The van der Waals surface area contributed by atoms with E-state index in [0.29, 0.717) is 11.3 Å². The van der Waals surface area contributed by atoms with E-state index in [4.69, 9.17) is 5.73 Å². The third-order valence-corrected chi connectivity index (χ3v) is 3.29. The van der Waals surface area contributed by atoms with Crippen LogP contribution in [0.1, 0.15) is 22.8 Å². The summed E-state index contributed by atoms with van der Waals surface area (Å²) in [6, 6.07) is 14.4. The first kappa shape index (κ1) is 14.3. The Balaban J connectivity index is 2.06. The molecule has 0 atom stereocenters. The number of anilines is 1. The van der Waals surface area contributed by atoms with Gasteiger partial charge in [0.05, 0.1) is 5.71 Å². The van der Waals surface area contributed by atoms with Gasteiger partial charge in [-0.15, -0.1) is 0 Å². The Morgan fingerprint density at radius 1 is 1.05 bits per heavy atom. The smallest absolute Gasteiger partial charge is 0.271 e. The topological polar surface area (TPSA) is 67.5 Å². The van der Waals surface area contributed by atoms with Crippen molar-refractivity contribution in [3.63, 3.8) is 0 Å². The number of nitrogen functional groups attached to an aromatic ring is 1. The predicted molar refractivity (Wildman–Crippen MR) is 84.7 cm³/mol. The van der Waals surface area contributed by atoms with E-state index in [1.54, 1.807) is 24.3 Å². The molecule has 0 unspecified atom stereocenters. The average Bonchev–Trinajstić information content (AvgIpc) is 2.46. The lowest BCUT2D eigenvalue weighted by Crippen LogP contribution is -2.19. The van der Waals surface area contributed by atoms with Crippen molar-refractivity contribution < 1.29 is 4.79 Å². The Hall–Kier alpha value is -2.14. The molecule has 102 valence electrons. The summed E-state index contributed by atoms with van der Waals surface area (Å²) in [5, 5.41) is 4.09. The fraction of sp³-hybridized carbons (Fsp3) is 0.0667. The van der Waals surface area contributed by atoms with Gasteiger partial charge in [-0.2, -0.15) is 5.10 Å². The summed E-state index contributed by atoms with van der Waals surface area (Å²) in [5.74, 6) is -0.263. The Morgan fingerprint density at radius 2 is 1.60 bits per heavy atom. The zero-order valence-electron chi connectivity index (χ0n) is 10.9. The number of carbonyl (C=O) groups is 1. The molecule has 0 aliphatic rings. The fourth-order valence-electron chi connectivity index (χ4n) is 1.59. The van der Waals surface area contributed by atoms with Crippen LogP contribution in [0.15, 0.2) is 58.1 Å². The van der Waals surface area contributed by atoms with Gasteiger partial charge in [0.2, 0.25) is 0 Å². The van der Waals surface area contributed by atoms with E-state index in [9.17, 15) is 4.79 Å². The van der Waals surface area contributed by atoms with Gasteiger partial charge in [0.1, 0.15) is 0 Å². The second-order valence-corrected chi connectivity index (χ2v) is 5.18. The molecule has 0 aliphatic heterocycles. The van der Waals surface area contributed by atoms with Crippen molar-refractivity contribution in [1.82, 2.24) is 5.43 Å². The van der Waals surface area contributed by atoms with E-state index in [-0.39, 0.29) is 5.91 Å². The van der Waals surface area contributed by atoms with E-state index in [0.717, 1.165) is 15.7 Å². The minimum atomic E-state index is -0.263. The maximum atomic E-state index is 11.9. The van der Waals surface area contributed by atoms with E-state index in [1.165, 1.54) is 0 Å². The van der Waals surface area contributed by atoms with Gasteiger partial charge in [-0.1, -0.05) is 28.1 Å². The monoisotopic (exact) mass is 331 g/mol. The summed E-state index contributed by atoms with van der Waals surface area (Å²) in [6.45, 7) is 1.84. The molecule has 20 heavy (non-hydrogen) atoms. The largest absolute Gasteiger partial charge is 0.399 e. The number of hydrogen-bond acceptors (Lipinski definition) is 3. The first-order valence-corrected chi connectivity index (χ1v) is 6.81. The molecule has 0 radical (unpaired) electrons. The van der Waals surface area contributed by atoms with E-state index < -0.39 is 0 Å². The summed E-state index contributed by atoms with van der Waals surface area (Å²) in [4.78, 5) is 11.9. The predicted octanol–water partition coefficient (Wildman–Crippen LogP) is 3.19. The van der Waals surface area contributed by atoms with Gasteiger partial charge in [0.25, 0.3) is 5.91 Å². The first-order valence-electron chi connectivity index (χ1n) is 6.02. The molecule has 0 aliphatic carbocycles. The zero-order valence-corrected chi connectivity index (χ0v) is 12.5. The maximum Gasteiger partial charge on any atom is 0.271 e. The molecule has 2 aromatic carbocycles. The van der Waals surface area contributed by atoms with Gasteiger partial charge in [0, 0.05) is 15.7 Å². The van der Waals surface area contributed by atoms with Crippen molar-refractivity contribution >= 4 is 33.2 Å².